The molecule has 2 aromatic rings. The molecule has 0 bridgehead atoms. The molecule has 0 radical (unpaired) electrons. The molecule has 2 N–H and O–H groups in total. The Morgan fingerprint density at radius 1 is 1.16 bits per heavy atom. The molecular formula is C15H15ClFNO. The highest BCUT2D eigenvalue weighted by Gasteiger charge is 2.08. The zero-order valence-electron chi connectivity index (χ0n) is 10.6. The molecular weight excluding hydrogens is 265 g/mol. The van der Waals surface area contributed by atoms with Crippen LogP contribution in [0.1, 0.15) is 11.1 Å². The van der Waals surface area contributed by atoms with E-state index in [1.165, 1.54) is 12.1 Å². The van der Waals surface area contributed by atoms with Crippen LogP contribution in [0.2, 0.25) is 5.02 Å². The van der Waals surface area contributed by atoms with Crippen molar-refractivity contribution in [3.8, 4) is 11.5 Å². The highest BCUT2D eigenvalue weighted by atomic mass is 35.5. The lowest BCUT2D eigenvalue weighted by atomic mass is 10.1. The molecule has 0 saturated heterocycles. The van der Waals surface area contributed by atoms with Gasteiger partial charge in [0.05, 0.1) is 0 Å². The monoisotopic (exact) mass is 279 g/mol. The van der Waals surface area contributed by atoms with Gasteiger partial charge in [0.25, 0.3) is 0 Å². The molecule has 100 valence electrons. The first-order valence-corrected chi connectivity index (χ1v) is 6.40. The van der Waals surface area contributed by atoms with E-state index in [9.17, 15) is 4.39 Å². The van der Waals surface area contributed by atoms with Crippen molar-refractivity contribution in [3.05, 3.63) is 58.4 Å². The van der Waals surface area contributed by atoms with Gasteiger partial charge in [-0.25, -0.2) is 4.39 Å². The van der Waals surface area contributed by atoms with Crippen LogP contribution >= 0.6 is 11.6 Å². The number of hydrogen-bond acceptors (Lipinski definition) is 2. The molecule has 2 nitrogen and oxygen atoms in total. The zero-order chi connectivity index (χ0) is 13.8. The van der Waals surface area contributed by atoms with E-state index in [1.807, 2.05) is 6.07 Å². The standard InChI is InChI=1S/C15H15ClFNO/c1-10-8-13(17)3-5-14(10)19-15-4-2-12(16)9-11(15)6-7-18/h2-5,8-9H,6-7,18H2,1H3. The van der Waals surface area contributed by atoms with Crippen LogP contribution in [0.5, 0.6) is 11.5 Å². The number of rotatable bonds is 4. The summed E-state index contributed by atoms with van der Waals surface area (Å²) >= 11 is 5.96. The normalized spacial score (nSPS) is 10.5. The molecule has 0 aliphatic rings. The van der Waals surface area contributed by atoms with E-state index in [1.54, 1.807) is 25.1 Å². The number of halogens is 2. The summed E-state index contributed by atoms with van der Waals surface area (Å²) < 4.78 is 18.9. The van der Waals surface area contributed by atoms with Gasteiger partial charge in [-0.3, -0.25) is 0 Å². The Labute approximate surface area is 117 Å². The smallest absolute Gasteiger partial charge is 0.130 e. The van der Waals surface area contributed by atoms with Crippen molar-refractivity contribution in [1.29, 1.82) is 0 Å². The second kappa shape index (κ2) is 6.04. The third-order valence-electron chi connectivity index (χ3n) is 2.79. The van der Waals surface area contributed by atoms with Gasteiger partial charge in [0.2, 0.25) is 0 Å². The summed E-state index contributed by atoms with van der Waals surface area (Å²) in [5.74, 6) is 1.05. The van der Waals surface area contributed by atoms with Crippen molar-refractivity contribution in [2.24, 2.45) is 5.73 Å². The molecule has 0 aliphatic carbocycles. The van der Waals surface area contributed by atoms with Crippen molar-refractivity contribution < 1.29 is 9.13 Å². The van der Waals surface area contributed by atoms with Gasteiger partial charge in [0.15, 0.2) is 0 Å². The Morgan fingerprint density at radius 2 is 1.89 bits per heavy atom. The molecule has 0 unspecified atom stereocenters. The summed E-state index contributed by atoms with van der Waals surface area (Å²) in [4.78, 5) is 0. The van der Waals surface area contributed by atoms with E-state index in [4.69, 9.17) is 22.1 Å². The number of ether oxygens (including phenoxy) is 1. The van der Waals surface area contributed by atoms with Crippen molar-refractivity contribution in [3.63, 3.8) is 0 Å². The van der Waals surface area contributed by atoms with Gasteiger partial charge in [-0.05, 0) is 67.4 Å². The van der Waals surface area contributed by atoms with Gasteiger partial charge in [0.1, 0.15) is 17.3 Å². The Balaban J connectivity index is 2.32. The zero-order valence-corrected chi connectivity index (χ0v) is 11.4. The minimum absolute atomic E-state index is 0.275. The number of aryl methyl sites for hydroxylation is 1. The second-order valence-electron chi connectivity index (χ2n) is 4.30. The van der Waals surface area contributed by atoms with Crippen molar-refractivity contribution in [2.45, 2.75) is 13.3 Å². The molecule has 0 aliphatic heterocycles. The fourth-order valence-electron chi connectivity index (χ4n) is 1.84. The molecule has 0 spiro atoms. The van der Waals surface area contributed by atoms with Crippen LogP contribution in [-0.2, 0) is 6.42 Å². The molecule has 2 aromatic carbocycles. The summed E-state index contributed by atoms with van der Waals surface area (Å²) in [5.41, 5.74) is 7.26. The van der Waals surface area contributed by atoms with Gasteiger partial charge in [0, 0.05) is 5.02 Å². The molecule has 19 heavy (non-hydrogen) atoms. The van der Waals surface area contributed by atoms with Crippen LogP contribution in [0.15, 0.2) is 36.4 Å². The van der Waals surface area contributed by atoms with E-state index in [0.717, 1.165) is 11.1 Å². The molecule has 0 amide bonds. The van der Waals surface area contributed by atoms with Gasteiger partial charge in [-0.15, -0.1) is 0 Å². The van der Waals surface area contributed by atoms with Gasteiger partial charge in [-0.1, -0.05) is 11.6 Å². The quantitative estimate of drug-likeness (QED) is 0.915. The Bertz CT molecular complexity index is 586. The van der Waals surface area contributed by atoms with Gasteiger partial charge in [-0.2, -0.15) is 0 Å². The fourth-order valence-corrected chi connectivity index (χ4v) is 2.04. The van der Waals surface area contributed by atoms with Crippen molar-refractivity contribution in [2.75, 3.05) is 6.54 Å². The second-order valence-corrected chi connectivity index (χ2v) is 4.74. The number of benzene rings is 2. The summed E-state index contributed by atoms with van der Waals surface area (Å²) in [6, 6.07) is 9.83. The van der Waals surface area contributed by atoms with Crippen molar-refractivity contribution in [1.82, 2.24) is 0 Å². The molecule has 4 heteroatoms. The lowest BCUT2D eigenvalue weighted by Gasteiger charge is -2.13. The molecule has 0 saturated carbocycles. The number of nitrogens with two attached hydrogens (primary N) is 1. The maximum absolute atomic E-state index is 13.0. The first kappa shape index (κ1) is 13.8. The SMILES string of the molecule is Cc1cc(F)ccc1Oc1ccc(Cl)cc1CCN. The van der Waals surface area contributed by atoms with Crippen LogP contribution in [0.25, 0.3) is 0 Å². The summed E-state index contributed by atoms with van der Waals surface area (Å²) in [7, 11) is 0. The first-order valence-electron chi connectivity index (χ1n) is 6.02. The molecule has 0 fully saturated rings. The maximum atomic E-state index is 13.0. The van der Waals surface area contributed by atoms with Crippen LogP contribution < -0.4 is 10.5 Å². The maximum Gasteiger partial charge on any atom is 0.130 e. The van der Waals surface area contributed by atoms with E-state index >= 15 is 0 Å². The average Bonchev–Trinajstić information content (AvgIpc) is 2.36. The number of hydrogen-bond donors (Lipinski definition) is 1. The molecule has 2 rings (SSSR count). The topological polar surface area (TPSA) is 35.2 Å². The van der Waals surface area contributed by atoms with Gasteiger partial charge >= 0.3 is 0 Å². The van der Waals surface area contributed by atoms with Gasteiger partial charge < -0.3 is 10.5 Å². The predicted octanol–water partition coefficient (Wildman–Crippen LogP) is 4.08. The van der Waals surface area contributed by atoms with Crippen molar-refractivity contribution >= 4 is 11.6 Å². The highest BCUT2D eigenvalue weighted by Crippen LogP contribution is 2.30. The van der Waals surface area contributed by atoms with Crippen LogP contribution in [-0.4, -0.2) is 6.54 Å². The molecule has 0 atom stereocenters. The minimum Gasteiger partial charge on any atom is -0.457 e. The van der Waals surface area contributed by atoms with Crippen LogP contribution in [0, 0.1) is 12.7 Å². The van der Waals surface area contributed by atoms with E-state index < -0.39 is 0 Å². The lowest BCUT2D eigenvalue weighted by molar-refractivity contribution is 0.470. The summed E-state index contributed by atoms with van der Waals surface area (Å²) in [6.45, 7) is 2.32. The minimum atomic E-state index is -0.275. The average molecular weight is 280 g/mol. The largest absolute Gasteiger partial charge is 0.457 e. The Kier molecular flexibility index (Phi) is 4.40. The molecule has 0 heterocycles. The third kappa shape index (κ3) is 3.46. The molecule has 0 aromatic heterocycles. The fraction of sp³-hybridized carbons (Fsp3) is 0.200. The van der Waals surface area contributed by atoms with E-state index in [0.29, 0.717) is 29.5 Å². The third-order valence-corrected chi connectivity index (χ3v) is 3.03. The predicted molar refractivity (Wildman–Crippen MR) is 75.4 cm³/mol. The van der Waals surface area contributed by atoms with Crippen LogP contribution in [0.3, 0.4) is 0 Å². The highest BCUT2D eigenvalue weighted by molar-refractivity contribution is 6.30. The Hall–Kier alpha value is -1.58. The lowest BCUT2D eigenvalue weighted by Crippen LogP contribution is -2.04. The first-order chi connectivity index (χ1) is 9.10. The van der Waals surface area contributed by atoms with E-state index in [-0.39, 0.29) is 5.82 Å². The van der Waals surface area contributed by atoms with Crippen LogP contribution in [0.4, 0.5) is 4.39 Å². The van der Waals surface area contributed by atoms with E-state index in [2.05, 4.69) is 0 Å². The summed E-state index contributed by atoms with van der Waals surface area (Å²) in [6.07, 6.45) is 0.677. The summed E-state index contributed by atoms with van der Waals surface area (Å²) in [5, 5.41) is 0.645. The Morgan fingerprint density at radius 3 is 2.58 bits per heavy atom.